The Hall–Kier alpha value is -2.93. The van der Waals surface area contributed by atoms with Gasteiger partial charge in [0.2, 0.25) is 0 Å². The molecular weight excluding hydrogens is 448 g/mol. The minimum atomic E-state index is -0.471. The van der Waals surface area contributed by atoms with Gasteiger partial charge in [-0.2, -0.15) is 0 Å². The molecule has 0 saturated carbocycles. The van der Waals surface area contributed by atoms with E-state index >= 15 is 0 Å². The van der Waals surface area contributed by atoms with Crippen molar-refractivity contribution in [3.05, 3.63) is 65.1 Å². The predicted molar refractivity (Wildman–Crippen MR) is 141 cm³/mol. The molecule has 0 bridgehead atoms. The van der Waals surface area contributed by atoms with Crippen LogP contribution >= 0.6 is 11.8 Å². The number of carbonyl (C=O) groups is 2. The lowest BCUT2D eigenvalue weighted by atomic mass is 10.1. The van der Waals surface area contributed by atoms with E-state index in [9.17, 15) is 9.59 Å². The third-order valence-corrected chi connectivity index (χ3v) is 6.19. The number of nitrogens with zero attached hydrogens (tertiary/aromatic N) is 2. The molecule has 2 rings (SSSR count). The minimum Gasteiger partial charge on any atom is -0.406 e. The van der Waals surface area contributed by atoms with E-state index in [1.807, 2.05) is 51.3 Å². The highest BCUT2D eigenvalue weighted by molar-refractivity contribution is 8.02. The van der Waals surface area contributed by atoms with Gasteiger partial charge in [-0.15, -0.1) is 11.8 Å². The zero-order valence-corrected chi connectivity index (χ0v) is 21.5. The second-order valence-electron chi connectivity index (χ2n) is 7.55. The summed E-state index contributed by atoms with van der Waals surface area (Å²) < 4.78 is 11.2. The van der Waals surface area contributed by atoms with Crippen LogP contribution in [0.1, 0.15) is 45.2 Å². The maximum Gasteiger partial charge on any atom is 0.415 e. The van der Waals surface area contributed by atoms with Crippen LogP contribution < -0.4 is 9.47 Å². The van der Waals surface area contributed by atoms with Crippen molar-refractivity contribution in [2.45, 2.75) is 40.5 Å². The molecule has 0 atom stereocenters. The Morgan fingerprint density at radius 1 is 0.824 bits per heavy atom. The summed E-state index contributed by atoms with van der Waals surface area (Å²) in [4.78, 5) is 28.1. The molecular formula is C27H36N2O4S. The van der Waals surface area contributed by atoms with Gasteiger partial charge in [-0.25, -0.2) is 9.59 Å². The lowest BCUT2D eigenvalue weighted by Crippen LogP contribution is -2.34. The van der Waals surface area contributed by atoms with Crippen molar-refractivity contribution < 1.29 is 19.1 Å². The van der Waals surface area contributed by atoms with Crippen LogP contribution in [0, 0.1) is 0 Å². The maximum atomic E-state index is 12.6. The van der Waals surface area contributed by atoms with Crippen LogP contribution in [0.25, 0.3) is 6.08 Å². The summed E-state index contributed by atoms with van der Waals surface area (Å²) in [6.07, 6.45) is 3.17. The summed E-state index contributed by atoms with van der Waals surface area (Å²) in [5.41, 5.74) is 2.21. The Labute approximate surface area is 207 Å². The molecule has 7 heteroatoms. The van der Waals surface area contributed by atoms with E-state index in [1.165, 1.54) is 5.56 Å². The molecule has 0 aliphatic carbocycles. The van der Waals surface area contributed by atoms with Gasteiger partial charge in [-0.05, 0) is 81.0 Å². The first kappa shape index (κ1) is 27.3. The summed E-state index contributed by atoms with van der Waals surface area (Å²) in [5, 5.41) is 2.04. The molecule has 2 amide bonds. The monoisotopic (exact) mass is 484 g/mol. The highest BCUT2D eigenvalue weighted by atomic mass is 32.2. The van der Waals surface area contributed by atoms with E-state index < -0.39 is 12.2 Å². The zero-order chi connectivity index (χ0) is 24.8. The average Bonchev–Trinajstić information content (AvgIpc) is 2.85. The molecule has 0 aromatic heterocycles. The first-order valence-corrected chi connectivity index (χ1v) is 13.0. The van der Waals surface area contributed by atoms with Crippen LogP contribution in [0.5, 0.6) is 11.5 Å². The van der Waals surface area contributed by atoms with Crippen molar-refractivity contribution in [3.63, 3.8) is 0 Å². The second-order valence-corrected chi connectivity index (χ2v) is 8.56. The minimum absolute atomic E-state index is 0.227. The van der Waals surface area contributed by atoms with Crippen LogP contribution in [-0.4, -0.2) is 53.9 Å². The van der Waals surface area contributed by atoms with E-state index in [-0.39, 0.29) is 11.5 Å². The van der Waals surface area contributed by atoms with Gasteiger partial charge in [0.15, 0.2) is 11.5 Å². The molecule has 34 heavy (non-hydrogen) atoms. The number of hydrogen-bond donors (Lipinski definition) is 0. The third kappa shape index (κ3) is 8.78. The standard InChI is InChI=1S/C27H36N2O4S/c1-5-28(6-2)26(30)32-24-17-16-23(21-25(24)33-27(31)29(7-3)8-4)18-20-34-19-12-15-22-13-10-9-11-14-22/h9-11,13-14,16-18,20-21H,5-8,12,15,19H2,1-4H3/b20-18+. The Kier molecular flexibility index (Phi) is 12.1. The molecule has 6 nitrogen and oxygen atoms in total. The number of ether oxygens (including phenoxy) is 2. The van der Waals surface area contributed by atoms with Crippen molar-refractivity contribution in [1.29, 1.82) is 0 Å². The first-order valence-electron chi connectivity index (χ1n) is 11.9. The SMILES string of the molecule is CCN(CC)C(=O)Oc1ccc(/C=C/SCCCc2ccccc2)cc1OC(=O)N(CC)CC. The molecule has 0 N–H and O–H groups in total. The van der Waals surface area contributed by atoms with Crippen molar-refractivity contribution in [3.8, 4) is 11.5 Å². The number of thioether (sulfide) groups is 1. The van der Waals surface area contributed by atoms with Crippen molar-refractivity contribution in [1.82, 2.24) is 9.80 Å². The summed E-state index contributed by atoms with van der Waals surface area (Å²) in [5.74, 6) is 1.47. The van der Waals surface area contributed by atoms with Crippen molar-refractivity contribution >= 4 is 30.0 Å². The summed E-state index contributed by atoms with van der Waals surface area (Å²) >= 11 is 1.74. The van der Waals surface area contributed by atoms with E-state index in [0.717, 1.165) is 24.2 Å². The second kappa shape index (κ2) is 15.1. The lowest BCUT2D eigenvalue weighted by molar-refractivity contribution is 0.146. The fourth-order valence-electron chi connectivity index (χ4n) is 3.27. The van der Waals surface area contributed by atoms with E-state index in [0.29, 0.717) is 26.2 Å². The average molecular weight is 485 g/mol. The Bertz CT molecular complexity index is 925. The van der Waals surface area contributed by atoms with Crippen LogP contribution in [0.2, 0.25) is 0 Å². The van der Waals surface area contributed by atoms with E-state index in [2.05, 4.69) is 24.3 Å². The molecule has 0 spiro atoms. The predicted octanol–water partition coefficient (Wildman–Crippen LogP) is 6.70. The summed E-state index contributed by atoms with van der Waals surface area (Å²) in [6, 6.07) is 15.7. The molecule has 2 aromatic carbocycles. The Balaban J connectivity index is 2.06. The normalized spacial score (nSPS) is 10.8. The quantitative estimate of drug-likeness (QED) is 0.314. The van der Waals surface area contributed by atoms with Crippen LogP contribution in [0.4, 0.5) is 9.59 Å². The van der Waals surface area contributed by atoms with Crippen molar-refractivity contribution in [2.24, 2.45) is 0 Å². The molecule has 0 saturated heterocycles. The van der Waals surface area contributed by atoms with Gasteiger partial charge in [0.25, 0.3) is 0 Å². The number of aryl methyl sites for hydroxylation is 1. The molecule has 2 aromatic rings. The van der Waals surface area contributed by atoms with Crippen LogP contribution in [-0.2, 0) is 6.42 Å². The molecule has 184 valence electrons. The number of carbonyl (C=O) groups excluding carboxylic acids is 2. The molecule has 0 fully saturated rings. The van der Waals surface area contributed by atoms with Gasteiger partial charge in [-0.1, -0.05) is 36.4 Å². The van der Waals surface area contributed by atoms with Crippen LogP contribution in [0.15, 0.2) is 53.9 Å². The smallest absolute Gasteiger partial charge is 0.406 e. The Morgan fingerprint density at radius 3 is 2.00 bits per heavy atom. The van der Waals surface area contributed by atoms with E-state index in [1.54, 1.807) is 33.7 Å². The molecule has 0 aliphatic heterocycles. The number of amides is 2. The molecule has 0 radical (unpaired) electrons. The van der Waals surface area contributed by atoms with E-state index in [4.69, 9.17) is 9.47 Å². The largest absolute Gasteiger partial charge is 0.415 e. The van der Waals surface area contributed by atoms with Gasteiger partial charge in [0.1, 0.15) is 0 Å². The number of benzene rings is 2. The fourth-order valence-corrected chi connectivity index (χ4v) is 3.97. The van der Waals surface area contributed by atoms with Crippen molar-refractivity contribution in [2.75, 3.05) is 31.9 Å². The third-order valence-electron chi connectivity index (χ3n) is 5.33. The first-order chi connectivity index (χ1) is 16.5. The summed E-state index contributed by atoms with van der Waals surface area (Å²) in [6.45, 7) is 9.68. The van der Waals surface area contributed by atoms with Gasteiger partial charge >= 0.3 is 12.2 Å². The fraction of sp³-hybridized carbons (Fsp3) is 0.407. The Morgan fingerprint density at radius 2 is 1.41 bits per heavy atom. The molecule has 0 aliphatic rings. The van der Waals surface area contributed by atoms with Gasteiger partial charge in [-0.3, -0.25) is 0 Å². The number of hydrogen-bond acceptors (Lipinski definition) is 5. The number of rotatable bonds is 12. The lowest BCUT2D eigenvalue weighted by Gasteiger charge is -2.21. The molecule has 0 heterocycles. The summed E-state index contributed by atoms with van der Waals surface area (Å²) in [7, 11) is 0. The van der Waals surface area contributed by atoms with Gasteiger partial charge in [0, 0.05) is 26.2 Å². The highest BCUT2D eigenvalue weighted by Gasteiger charge is 2.19. The van der Waals surface area contributed by atoms with Gasteiger partial charge in [0.05, 0.1) is 0 Å². The highest BCUT2D eigenvalue weighted by Crippen LogP contribution is 2.30. The van der Waals surface area contributed by atoms with Crippen LogP contribution in [0.3, 0.4) is 0 Å². The maximum absolute atomic E-state index is 12.6. The zero-order valence-electron chi connectivity index (χ0n) is 20.7. The molecule has 0 unspecified atom stereocenters. The van der Waals surface area contributed by atoms with Gasteiger partial charge < -0.3 is 19.3 Å². The topological polar surface area (TPSA) is 59.1 Å².